The lowest BCUT2D eigenvalue weighted by Gasteiger charge is -2.09. The Kier molecular flexibility index (Phi) is 5.04. The fraction of sp³-hybridized carbons (Fsp3) is 0.100. The highest BCUT2D eigenvalue weighted by Crippen LogP contribution is 2.24. The highest BCUT2D eigenvalue weighted by molar-refractivity contribution is 6.00. The third-order valence-electron chi connectivity index (χ3n) is 4.16. The van der Waals surface area contributed by atoms with Crippen LogP contribution in [0.15, 0.2) is 57.9 Å². The molecule has 0 unspecified atom stereocenters. The molecule has 0 radical (unpaired) electrons. The Morgan fingerprint density at radius 2 is 1.90 bits per heavy atom. The van der Waals surface area contributed by atoms with E-state index in [1.54, 1.807) is 42.5 Å². The summed E-state index contributed by atoms with van der Waals surface area (Å²) in [5.74, 6) is 0.604. The van der Waals surface area contributed by atoms with Gasteiger partial charge in [0.05, 0.1) is 18.3 Å². The first kappa shape index (κ1) is 19.0. The molecule has 0 saturated heterocycles. The van der Waals surface area contributed by atoms with Gasteiger partial charge in [-0.3, -0.25) is 4.98 Å². The number of nitrogens with two attached hydrogens (primary N) is 1. The lowest BCUT2D eigenvalue weighted by molar-refractivity contribution is 0.262. The maximum absolute atomic E-state index is 12.2. The lowest BCUT2D eigenvalue weighted by atomic mass is 10.2. The molecule has 2 heterocycles. The van der Waals surface area contributed by atoms with Crippen LogP contribution in [0.25, 0.3) is 22.5 Å². The van der Waals surface area contributed by atoms with Gasteiger partial charge in [-0.2, -0.15) is 0 Å². The van der Waals surface area contributed by atoms with E-state index in [9.17, 15) is 9.59 Å². The number of nitrogens with one attached hydrogen (secondary N) is 3. The van der Waals surface area contributed by atoms with Gasteiger partial charge in [0.2, 0.25) is 0 Å². The molecule has 2 amide bonds. The SMILES string of the molecule is CCOc1cnc(-c2ccc(NC(=O)Nc3ccc4oc(=O)[nH]c4c3)cc2)nc1N. The number of aromatic nitrogens is 3. The minimum absolute atomic E-state index is 0.263. The van der Waals surface area contributed by atoms with Gasteiger partial charge in [-0.25, -0.2) is 19.6 Å². The third-order valence-corrected chi connectivity index (χ3v) is 4.16. The summed E-state index contributed by atoms with van der Waals surface area (Å²) in [7, 11) is 0. The van der Waals surface area contributed by atoms with Gasteiger partial charge in [-0.1, -0.05) is 0 Å². The molecule has 4 rings (SSSR count). The number of rotatable bonds is 5. The molecule has 0 aliphatic rings. The van der Waals surface area contributed by atoms with Gasteiger partial charge in [0.1, 0.15) is 0 Å². The van der Waals surface area contributed by atoms with Crippen molar-refractivity contribution in [1.82, 2.24) is 15.0 Å². The number of nitrogen functional groups attached to an aromatic ring is 1. The second kappa shape index (κ2) is 7.95. The summed E-state index contributed by atoms with van der Waals surface area (Å²) in [6, 6.07) is 11.4. The van der Waals surface area contributed by atoms with Crippen molar-refractivity contribution in [1.29, 1.82) is 0 Å². The van der Waals surface area contributed by atoms with Gasteiger partial charge in [-0.15, -0.1) is 0 Å². The Bertz CT molecular complexity index is 1260. The van der Waals surface area contributed by atoms with Crippen LogP contribution in [0.4, 0.5) is 22.0 Å². The van der Waals surface area contributed by atoms with Crippen LogP contribution >= 0.6 is 0 Å². The molecule has 0 atom stereocenters. The van der Waals surface area contributed by atoms with E-state index < -0.39 is 11.8 Å². The monoisotopic (exact) mass is 406 g/mol. The smallest absolute Gasteiger partial charge is 0.417 e. The third kappa shape index (κ3) is 4.07. The van der Waals surface area contributed by atoms with Crippen molar-refractivity contribution in [3.8, 4) is 17.1 Å². The first-order chi connectivity index (χ1) is 14.5. The van der Waals surface area contributed by atoms with Crippen molar-refractivity contribution in [2.24, 2.45) is 0 Å². The summed E-state index contributed by atoms with van der Waals surface area (Å²) in [4.78, 5) is 34.5. The number of ether oxygens (including phenoxy) is 1. The Morgan fingerprint density at radius 1 is 1.17 bits per heavy atom. The van der Waals surface area contributed by atoms with Crippen molar-refractivity contribution in [3.05, 3.63) is 59.2 Å². The van der Waals surface area contributed by atoms with Gasteiger partial charge in [0.25, 0.3) is 0 Å². The van der Waals surface area contributed by atoms with E-state index in [1.807, 2.05) is 6.92 Å². The van der Waals surface area contributed by atoms with Crippen molar-refractivity contribution >= 4 is 34.3 Å². The first-order valence-corrected chi connectivity index (χ1v) is 9.08. The van der Waals surface area contributed by atoms with Crippen molar-refractivity contribution in [3.63, 3.8) is 0 Å². The minimum Gasteiger partial charge on any atom is -0.488 e. The number of carbonyl (C=O) groups excluding carboxylic acids is 1. The number of anilines is 3. The molecule has 0 aliphatic heterocycles. The molecule has 4 aromatic rings. The maximum atomic E-state index is 12.2. The largest absolute Gasteiger partial charge is 0.488 e. The zero-order chi connectivity index (χ0) is 21.1. The molecule has 0 fully saturated rings. The molecule has 30 heavy (non-hydrogen) atoms. The summed E-state index contributed by atoms with van der Waals surface area (Å²) in [6.07, 6.45) is 1.53. The second-order valence-corrected chi connectivity index (χ2v) is 6.26. The van der Waals surface area contributed by atoms with Crippen molar-refractivity contribution in [2.45, 2.75) is 6.92 Å². The van der Waals surface area contributed by atoms with Crippen molar-refractivity contribution < 1.29 is 13.9 Å². The molecule has 0 spiro atoms. The predicted molar refractivity (Wildman–Crippen MR) is 113 cm³/mol. The van der Waals surface area contributed by atoms with E-state index in [2.05, 4.69) is 25.6 Å². The molecule has 0 bridgehead atoms. The first-order valence-electron chi connectivity index (χ1n) is 9.08. The van der Waals surface area contributed by atoms with E-state index >= 15 is 0 Å². The molecular formula is C20H18N6O4. The Balaban J connectivity index is 1.43. The summed E-state index contributed by atoms with van der Waals surface area (Å²) in [5.41, 5.74) is 8.62. The molecular weight excluding hydrogens is 388 g/mol. The van der Waals surface area contributed by atoms with E-state index in [-0.39, 0.29) is 5.82 Å². The van der Waals surface area contributed by atoms with E-state index in [0.717, 1.165) is 5.56 Å². The van der Waals surface area contributed by atoms with E-state index in [1.165, 1.54) is 6.20 Å². The quantitative estimate of drug-likeness (QED) is 0.398. The summed E-state index contributed by atoms with van der Waals surface area (Å²) in [6.45, 7) is 2.33. The van der Waals surface area contributed by atoms with E-state index in [0.29, 0.717) is 40.7 Å². The lowest BCUT2D eigenvalue weighted by Crippen LogP contribution is -2.19. The standard InChI is InChI=1S/C20H18N6O4/c1-2-29-16-10-22-18(26-17(16)21)11-3-5-12(6-4-11)23-19(27)24-13-7-8-15-14(9-13)25-20(28)30-15/h3-10H,2H2,1H3,(H,25,28)(H2,21,22,26)(H2,23,24,27). The highest BCUT2D eigenvalue weighted by Gasteiger charge is 2.09. The fourth-order valence-electron chi connectivity index (χ4n) is 2.82. The number of nitrogens with zero attached hydrogens (tertiary/aromatic N) is 2. The Morgan fingerprint density at radius 3 is 2.63 bits per heavy atom. The van der Waals surface area contributed by atoms with Crippen LogP contribution in [0.3, 0.4) is 0 Å². The number of aromatic amines is 1. The molecule has 0 saturated carbocycles. The zero-order valence-corrected chi connectivity index (χ0v) is 15.9. The van der Waals surface area contributed by atoms with Gasteiger partial charge in [0.15, 0.2) is 23.0 Å². The Hall–Kier alpha value is -4.34. The van der Waals surface area contributed by atoms with Crippen LogP contribution < -0.4 is 26.9 Å². The van der Waals surface area contributed by atoms with Crippen molar-refractivity contribution in [2.75, 3.05) is 23.0 Å². The molecule has 2 aromatic carbocycles. The molecule has 10 heteroatoms. The second-order valence-electron chi connectivity index (χ2n) is 6.26. The summed E-state index contributed by atoms with van der Waals surface area (Å²) >= 11 is 0. The molecule has 10 nitrogen and oxygen atoms in total. The van der Waals surface area contributed by atoms with Gasteiger partial charge < -0.3 is 25.5 Å². The van der Waals surface area contributed by atoms with Crippen LogP contribution in [0.5, 0.6) is 5.75 Å². The topological polar surface area (TPSA) is 148 Å². The highest BCUT2D eigenvalue weighted by atomic mass is 16.5. The number of H-pyrrole nitrogens is 1. The van der Waals surface area contributed by atoms with Gasteiger partial charge >= 0.3 is 11.8 Å². The fourth-order valence-corrected chi connectivity index (χ4v) is 2.82. The zero-order valence-electron chi connectivity index (χ0n) is 15.9. The number of amides is 2. The van der Waals surface area contributed by atoms with Crippen LogP contribution in [0, 0.1) is 0 Å². The number of hydrogen-bond acceptors (Lipinski definition) is 7. The van der Waals surface area contributed by atoms with Crippen LogP contribution in [-0.2, 0) is 0 Å². The minimum atomic E-state index is -0.551. The molecule has 0 aliphatic carbocycles. The molecule has 2 aromatic heterocycles. The molecule has 152 valence electrons. The average molecular weight is 406 g/mol. The van der Waals surface area contributed by atoms with Gasteiger partial charge in [0, 0.05) is 16.9 Å². The number of fused-ring (bicyclic) bond motifs is 1. The predicted octanol–water partition coefficient (Wildman–Crippen LogP) is 3.20. The summed E-state index contributed by atoms with van der Waals surface area (Å²) < 4.78 is 10.3. The maximum Gasteiger partial charge on any atom is 0.417 e. The summed E-state index contributed by atoms with van der Waals surface area (Å²) in [5, 5.41) is 5.42. The normalized spacial score (nSPS) is 10.7. The van der Waals surface area contributed by atoms with Crippen LogP contribution in [-0.4, -0.2) is 27.6 Å². The van der Waals surface area contributed by atoms with Gasteiger partial charge in [-0.05, 0) is 49.4 Å². The number of carbonyl (C=O) groups is 1. The van der Waals surface area contributed by atoms with E-state index in [4.69, 9.17) is 14.9 Å². The number of oxazole rings is 1. The number of benzene rings is 2. The van der Waals surface area contributed by atoms with Crippen LogP contribution in [0.2, 0.25) is 0 Å². The molecule has 5 N–H and O–H groups in total. The number of hydrogen-bond donors (Lipinski definition) is 4. The van der Waals surface area contributed by atoms with Crippen LogP contribution in [0.1, 0.15) is 6.92 Å². The number of urea groups is 1. The Labute approximate surface area is 170 Å². The average Bonchev–Trinajstić information content (AvgIpc) is 3.09.